The number of Topliss-reactive ketones (excluding diaryl/α,β-unsaturated/α-hetero) is 2. The van der Waals surface area contributed by atoms with Gasteiger partial charge in [-0.2, -0.15) is 13.2 Å². The van der Waals surface area contributed by atoms with E-state index in [-0.39, 0.29) is 12.8 Å². The van der Waals surface area contributed by atoms with E-state index in [4.69, 9.17) is 10.2 Å². The van der Waals surface area contributed by atoms with Crippen molar-refractivity contribution in [2.75, 3.05) is 0 Å². The number of carbonyl (C=O) groups is 2. The predicted molar refractivity (Wildman–Crippen MR) is 49.7 cm³/mol. The average molecular weight is 254 g/mol. The van der Waals surface area contributed by atoms with E-state index in [1.165, 1.54) is 0 Å². The minimum absolute atomic E-state index is 0.0499. The molecule has 98 valence electrons. The molecule has 2 unspecified atom stereocenters. The normalized spacial score (nSPS) is 24.6. The number of rotatable bonds is 5. The van der Waals surface area contributed by atoms with Crippen LogP contribution in [-0.2, 0) is 9.59 Å². The second-order valence-electron chi connectivity index (χ2n) is 4.28. The average Bonchev–Trinajstić information content (AvgIpc) is 2.58. The first kappa shape index (κ1) is 14.1. The van der Waals surface area contributed by atoms with E-state index >= 15 is 0 Å². The third-order valence-electron chi connectivity index (χ3n) is 2.95. The summed E-state index contributed by atoms with van der Waals surface area (Å²) in [5.41, 5.74) is 0. The zero-order valence-corrected chi connectivity index (χ0v) is 9.12. The minimum atomic E-state index is -4.59. The molecule has 17 heavy (non-hydrogen) atoms. The highest BCUT2D eigenvalue weighted by Gasteiger charge is 2.63. The maximum Gasteiger partial charge on any atom is 0.398 e. The van der Waals surface area contributed by atoms with Crippen molar-refractivity contribution in [3.05, 3.63) is 0 Å². The topological polar surface area (TPSA) is 74.6 Å². The highest BCUT2D eigenvalue weighted by Crippen LogP contribution is 2.41. The molecule has 0 amide bonds. The second-order valence-corrected chi connectivity index (χ2v) is 4.28. The molecule has 0 radical (unpaired) electrons. The lowest BCUT2D eigenvalue weighted by atomic mass is 9.96. The van der Waals surface area contributed by atoms with Crippen molar-refractivity contribution in [1.82, 2.24) is 0 Å². The van der Waals surface area contributed by atoms with Crippen molar-refractivity contribution in [2.24, 2.45) is 11.8 Å². The molecule has 0 aromatic heterocycles. The number of aliphatic hydroxyl groups is 2. The molecule has 0 spiro atoms. The molecule has 1 fully saturated rings. The van der Waals surface area contributed by atoms with Gasteiger partial charge in [0.2, 0.25) is 11.6 Å². The summed E-state index contributed by atoms with van der Waals surface area (Å²) < 4.78 is 37.1. The van der Waals surface area contributed by atoms with Crippen LogP contribution in [0.3, 0.4) is 0 Å². The molecule has 0 aromatic rings. The molecule has 0 saturated heterocycles. The van der Waals surface area contributed by atoms with Gasteiger partial charge in [0, 0.05) is 0 Å². The number of carbonyl (C=O) groups excluding carboxylic acids is 2. The van der Waals surface area contributed by atoms with Crippen LogP contribution in [0.4, 0.5) is 13.2 Å². The SMILES string of the molecule is CC(=O)C(CCCC1C(=O)C1(O)O)C(F)(F)F. The Hall–Kier alpha value is -0.950. The number of hydrogen-bond donors (Lipinski definition) is 2. The Balaban J connectivity index is 2.40. The highest BCUT2D eigenvalue weighted by molar-refractivity contribution is 6.04. The monoisotopic (exact) mass is 254 g/mol. The van der Waals surface area contributed by atoms with Gasteiger partial charge in [0.05, 0.1) is 5.92 Å². The van der Waals surface area contributed by atoms with Crippen molar-refractivity contribution in [3.8, 4) is 0 Å². The molecule has 1 aliphatic rings. The van der Waals surface area contributed by atoms with Crippen LogP contribution in [0.15, 0.2) is 0 Å². The van der Waals surface area contributed by atoms with Crippen LogP contribution < -0.4 is 0 Å². The van der Waals surface area contributed by atoms with Crippen LogP contribution in [0.2, 0.25) is 0 Å². The van der Waals surface area contributed by atoms with Crippen molar-refractivity contribution in [3.63, 3.8) is 0 Å². The Bertz CT molecular complexity index is 335. The minimum Gasteiger partial charge on any atom is -0.359 e. The van der Waals surface area contributed by atoms with Crippen LogP contribution in [0.25, 0.3) is 0 Å². The molecule has 7 heteroatoms. The maximum absolute atomic E-state index is 12.4. The van der Waals surface area contributed by atoms with E-state index in [2.05, 4.69) is 0 Å². The van der Waals surface area contributed by atoms with E-state index in [9.17, 15) is 22.8 Å². The Kier molecular flexibility index (Phi) is 3.63. The summed E-state index contributed by atoms with van der Waals surface area (Å²) in [5, 5.41) is 17.8. The number of halogens is 3. The first-order valence-electron chi connectivity index (χ1n) is 5.14. The number of alkyl halides is 3. The zero-order valence-electron chi connectivity index (χ0n) is 9.12. The summed E-state index contributed by atoms with van der Waals surface area (Å²) in [6.07, 6.45) is -5.12. The molecule has 0 bridgehead atoms. The van der Waals surface area contributed by atoms with Crippen LogP contribution in [-0.4, -0.2) is 33.7 Å². The number of hydrogen-bond acceptors (Lipinski definition) is 4. The summed E-state index contributed by atoms with van der Waals surface area (Å²) in [4.78, 5) is 21.5. The van der Waals surface area contributed by atoms with Crippen molar-refractivity contribution < 1.29 is 33.0 Å². The largest absolute Gasteiger partial charge is 0.398 e. The maximum atomic E-state index is 12.4. The van der Waals surface area contributed by atoms with E-state index in [1.807, 2.05) is 0 Å². The predicted octanol–water partition coefficient (Wildman–Crippen LogP) is 0.804. The Morgan fingerprint density at radius 3 is 2.24 bits per heavy atom. The van der Waals surface area contributed by atoms with Gasteiger partial charge in [-0.1, -0.05) is 6.42 Å². The summed E-state index contributed by atoms with van der Waals surface area (Å²) in [5.74, 6) is -7.17. The van der Waals surface area contributed by atoms with Crippen LogP contribution >= 0.6 is 0 Å². The smallest absolute Gasteiger partial charge is 0.359 e. The Labute approximate surface area is 95.4 Å². The molecule has 1 rings (SSSR count). The molecular weight excluding hydrogens is 241 g/mol. The molecule has 1 aliphatic carbocycles. The summed E-state index contributed by atoms with van der Waals surface area (Å²) >= 11 is 0. The summed E-state index contributed by atoms with van der Waals surface area (Å²) in [6.45, 7) is 0.864. The molecule has 2 N–H and O–H groups in total. The van der Waals surface area contributed by atoms with Gasteiger partial charge in [0.1, 0.15) is 11.7 Å². The van der Waals surface area contributed by atoms with Crippen molar-refractivity contribution in [2.45, 2.75) is 38.1 Å². The summed E-state index contributed by atoms with van der Waals surface area (Å²) in [6, 6.07) is 0. The molecule has 0 heterocycles. The van der Waals surface area contributed by atoms with Gasteiger partial charge in [0.15, 0.2) is 0 Å². The second kappa shape index (κ2) is 4.38. The van der Waals surface area contributed by atoms with Gasteiger partial charge < -0.3 is 10.2 Å². The molecule has 4 nitrogen and oxygen atoms in total. The number of ketones is 2. The van der Waals surface area contributed by atoms with Crippen LogP contribution in [0, 0.1) is 11.8 Å². The van der Waals surface area contributed by atoms with E-state index in [0.29, 0.717) is 0 Å². The quantitative estimate of drug-likeness (QED) is 0.712. The van der Waals surface area contributed by atoms with Gasteiger partial charge in [-0.25, -0.2) is 0 Å². The van der Waals surface area contributed by atoms with Gasteiger partial charge in [0.25, 0.3) is 0 Å². The van der Waals surface area contributed by atoms with Crippen molar-refractivity contribution >= 4 is 11.6 Å². The van der Waals surface area contributed by atoms with Gasteiger partial charge >= 0.3 is 6.18 Å². The molecule has 2 atom stereocenters. The van der Waals surface area contributed by atoms with Crippen LogP contribution in [0.5, 0.6) is 0 Å². The zero-order chi connectivity index (χ0) is 13.4. The third-order valence-corrected chi connectivity index (χ3v) is 2.95. The molecule has 0 aliphatic heterocycles. The fraction of sp³-hybridized carbons (Fsp3) is 0.800. The van der Waals surface area contributed by atoms with Crippen molar-refractivity contribution in [1.29, 1.82) is 0 Å². The Morgan fingerprint density at radius 1 is 1.47 bits per heavy atom. The lowest BCUT2D eigenvalue weighted by Gasteiger charge is -2.16. The van der Waals surface area contributed by atoms with Gasteiger partial charge in [-0.05, 0) is 19.8 Å². The van der Waals surface area contributed by atoms with Gasteiger partial charge in [-0.15, -0.1) is 0 Å². The fourth-order valence-electron chi connectivity index (χ4n) is 1.79. The molecule has 0 aromatic carbocycles. The first-order valence-corrected chi connectivity index (χ1v) is 5.14. The fourth-order valence-corrected chi connectivity index (χ4v) is 1.79. The lowest BCUT2D eigenvalue weighted by molar-refractivity contribution is -0.181. The summed E-state index contributed by atoms with van der Waals surface area (Å²) in [7, 11) is 0. The van der Waals surface area contributed by atoms with Crippen LogP contribution in [0.1, 0.15) is 26.2 Å². The van der Waals surface area contributed by atoms with Gasteiger partial charge in [-0.3, -0.25) is 9.59 Å². The molecule has 1 saturated carbocycles. The van der Waals surface area contributed by atoms with E-state index < -0.39 is 41.8 Å². The molecular formula is C10H13F3O4. The first-order chi connectivity index (χ1) is 7.58. The van der Waals surface area contributed by atoms with E-state index in [0.717, 1.165) is 6.92 Å². The van der Waals surface area contributed by atoms with E-state index in [1.54, 1.807) is 0 Å². The standard InChI is InChI=1S/C10H13F3O4/c1-5(14)6(10(11,12)13)3-2-4-7-8(15)9(7,16)17/h6-7,16-17H,2-4H2,1H3. The lowest BCUT2D eigenvalue weighted by Crippen LogP contribution is -2.29. The Morgan fingerprint density at radius 2 is 1.94 bits per heavy atom. The third kappa shape index (κ3) is 3.04. The highest BCUT2D eigenvalue weighted by atomic mass is 19.4.